The average molecular weight is 353 g/mol. The van der Waals surface area contributed by atoms with Crippen LogP contribution in [0.25, 0.3) is 10.8 Å². The molecule has 0 aliphatic carbocycles. The van der Waals surface area contributed by atoms with Crippen molar-refractivity contribution in [2.45, 2.75) is 26.4 Å². The Hall–Kier alpha value is -2.66. The maximum Gasteiger partial charge on any atom is 0.514 e. The second-order valence-electron chi connectivity index (χ2n) is 6.47. The van der Waals surface area contributed by atoms with Crippen molar-refractivity contribution < 1.29 is 14.3 Å². The quantitative estimate of drug-likeness (QED) is 0.331. The molecule has 0 spiro atoms. The second-order valence-corrected chi connectivity index (χ2v) is 7.45. The van der Waals surface area contributed by atoms with Crippen LogP contribution in [0.3, 0.4) is 0 Å². The molecule has 0 fully saturated rings. The summed E-state index contributed by atoms with van der Waals surface area (Å²) in [6.07, 6.45) is 1.03. The zero-order valence-corrected chi connectivity index (χ0v) is 15.2. The predicted octanol–water partition coefficient (Wildman–Crippen LogP) is 5.97. The summed E-state index contributed by atoms with van der Waals surface area (Å²) in [7, 11) is 0. The lowest BCUT2D eigenvalue weighted by Gasteiger charge is -2.19. The number of hydrogen-bond acceptors (Lipinski definition) is 5. The molecule has 0 aliphatic rings. The third-order valence-electron chi connectivity index (χ3n) is 3.31. The Balaban J connectivity index is 1.99. The van der Waals surface area contributed by atoms with Crippen LogP contribution in [-0.4, -0.2) is 18.0 Å². The highest BCUT2D eigenvalue weighted by atomic mass is 32.1. The molecule has 3 aromatic rings. The molecule has 128 valence electrons. The van der Waals surface area contributed by atoms with E-state index in [1.165, 1.54) is 0 Å². The molecule has 3 rings (SSSR count). The van der Waals surface area contributed by atoms with E-state index in [4.69, 9.17) is 9.47 Å². The van der Waals surface area contributed by atoms with Crippen molar-refractivity contribution in [2.75, 3.05) is 0 Å². The van der Waals surface area contributed by atoms with Gasteiger partial charge in [-0.15, -0.1) is 11.3 Å². The number of thiophene rings is 1. The van der Waals surface area contributed by atoms with Crippen molar-refractivity contribution in [3.63, 3.8) is 0 Å². The molecule has 0 bridgehead atoms. The summed E-state index contributed by atoms with van der Waals surface area (Å²) in [6, 6.07) is 15.4. The molecule has 0 atom stereocenters. The van der Waals surface area contributed by atoms with Crippen molar-refractivity contribution >= 4 is 40.2 Å². The minimum atomic E-state index is -0.740. The van der Waals surface area contributed by atoms with Crippen LogP contribution >= 0.6 is 11.3 Å². The maximum absolute atomic E-state index is 12.1. The molecular formula is C20H19NO3S. The van der Waals surface area contributed by atoms with Gasteiger partial charge in [-0.3, -0.25) is 4.99 Å². The predicted molar refractivity (Wildman–Crippen MR) is 102 cm³/mol. The first-order valence-electron chi connectivity index (χ1n) is 7.92. The van der Waals surface area contributed by atoms with Crippen molar-refractivity contribution in [2.24, 2.45) is 4.99 Å². The van der Waals surface area contributed by atoms with Crippen LogP contribution < -0.4 is 4.74 Å². The summed E-state index contributed by atoms with van der Waals surface area (Å²) in [4.78, 5) is 17.7. The number of nitrogens with zero attached hydrogens (tertiary/aromatic N) is 1. The van der Waals surface area contributed by atoms with E-state index in [0.717, 1.165) is 15.6 Å². The SMILES string of the molecule is CC(C)(C)OC(=O)Oc1ccc2ccccc2c1N=Cc1cccs1. The molecule has 4 nitrogen and oxygen atoms in total. The number of benzene rings is 2. The minimum Gasteiger partial charge on any atom is -0.428 e. The van der Waals surface area contributed by atoms with Crippen LogP contribution in [0.1, 0.15) is 25.6 Å². The monoisotopic (exact) mass is 353 g/mol. The molecule has 0 aliphatic heterocycles. The summed E-state index contributed by atoms with van der Waals surface area (Å²) < 4.78 is 10.7. The van der Waals surface area contributed by atoms with Crippen molar-refractivity contribution in [1.29, 1.82) is 0 Å². The zero-order chi connectivity index (χ0) is 17.9. The Morgan fingerprint density at radius 1 is 1.08 bits per heavy atom. The van der Waals surface area contributed by atoms with Crippen molar-refractivity contribution in [3.05, 3.63) is 58.8 Å². The molecule has 0 saturated heterocycles. The average Bonchev–Trinajstić information content (AvgIpc) is 3.05. The summed E-state index contributed by atoms with van der Waals surface area (Å²) >= 11 is 1.59. The second kappa shape index (κ2) is 7.07. The van der Waals surface area contributed by atoms with Crippen LogP contribution in [0.5, 0.6) is 5.75 Å². The van der Waals surface area contributed by atoms with E-state index in [1.54, 1.807) is 44.4 Å². The summed E-state index contributed by atoms with van der Waals surface area (Å²) in [5.74, 6) is 0.376. The van der Waals surface area contributed by atoms with E-state index in [2.05, 4.69) is 4.99 Å². The van der Waals surface area contributed by atoms with Crippen LogP contribution in [0, 0.1) is 0 Å². The highest BCUT2D eigenvalue weighted by molar-refractivity contribution is 7.11. The summed E-state index contributed by atoms with van der Waals surface area (Å²) in [6.45, 7) is 5.39. The van der Waals surface area contributed by atoms with Gasteiger partial charge in [-0.05, 0) is 43.7 Å². The molecule has 0 radical (unpaired) electrons. The van der Waals surface area contributed by atoms with Crippen molar-refractivity contribution in [1.82, 2.24) is 0 Å². The lowest BCUT2D eigenvalue weighted by molar-refractivity contribution is 0.0207. The van der Waals surface area contributed by atoms with Gasteiger partial charge in [-0.25, -0.2) is 4.79 Å². The zero-order valence-electron chi connectivity index (χ0n) is 14.4. The number of ether oxygens (including phenoxy) is 2. The fourth-order valence-electron chi connectivity index (χ4n) is 2.30. The Labute approximate surface area is 150 Å². The highest BCUT2D eigenvalue weighted by Gasteiger charge is 2.20. The fourth-order valence-corrected chi connectivity index (χ4v) is 2.89. The van der Waals surface area contributed by atoms with E-state index in [-0.39, 0.29) is 0 Å². The van der Waals surface area contributed by atoms with Crippen LogP contribution in [0.2, 0.25) is 0 Å². The lowest BCUT2D eigenvalue weighted by atomic mass is 10.1. The van der Waals surface area contributed by atoms with Gasteiger partial charge in [-0.1, -0.05) is 36.4 Å². The van der Waals surface area contributed by atoms with Gasteiger partial charge >= 0.3 is 6.16 Å². The third kappa shape index (κ3) is 4.45. The molecule has 0 N–H and O–H groups in total. The smallest absolute Gasteiger partial charge is 0.428 e. The lowest BCUT2D eigenvalue weighted by Crippen LogP contribution is -2.26. The molecule has 0 amide bonds. The highest BCUT2D eigenvalue weighted by Crippen LogP contribution is 2.36. The van der Waals surface area contributed by atoms with E-state index in [0.29, 0.717) is 11.4 Å². The number of aliphatic imine (C=N–C) groups is 1. The van der Waals surface area contributed by atoms with Gasteiger partial charge in [0.1, 0.15) is 11.3 Å². The van der Waals surface area contributed by atoms with Gasteiger partial charge in [0, 0.05) is 16.5 Å². The topological polar surface area (TPSA) is 47.9 Å². The van der Waals surface area contributed by atoms with Crippen molar-refractivity contribution in [3.8, 4) is 5.75 Å². The first-order chi connectivity index (χ1) is 11.9. The van der Waals surface area contributed by atoms with E-state index in [1.807, 2.05) is 47.8 Å². The molecular weight excluding hydrogens is 334 g/mol. The number of rotatable bonds is 3. The number of fused-ring (bicyclic) bond motifs is 1. The number of carbonyl (C=O) groups excluding carboxylic acids is 1. The molecule has 0 saturated carbocycles. The molecule has 2 aromatic carbocycles. The van der Waals surface area contributed by atoms with Crippen LogP contribution in [0.4, 0.5) is 10.5 Å². The first-order valence-corrected chi connectivity index (χ1v) is 8.80. The van der Waals surface area contributed by atoms with Gasteiger partial charge in [0.05, 0.1) is 0 Å². The molecule has 1 heterocycles. The van der Waals surface area contributed by atoms with Gasteiger partial charge in [-0.2, -0.15) is 0 Å². The Morgan fingerprint density at radius 3 is 2.60 bits per heavy atom. The Kier molecular flexibility index (Phi) is 4.86. The fraction of sp³-hybridized carbons (Fsp3) is 0.200. The molecule has 5 heteroatoms. The number of hydrogen-bond donors (Lipinski definition) is 0. The normalized spacial score (nSPS) is 11.8. The number of carbonyl (C=O) groups is 1. The standard InChI is InChI=1S/C20H19NO3S/c1-20(2,3)24-19(22)23-17-11-10-14-7-4-5-9-16(14)18(17)21-13-15-8-6-12-25-15/h4-13H,1-3H3. The summed E-state index contributed by atoms with van der Waals surface area (Å²) in [5.41, 5.74) is -0.00807. The van der Waals surface area contributed by atoms with Gasteiger partial charge in [0.25, 0.3) is 0 Å². The molecule has 25 heavy (non-hydrogen) atoms. The Morgan fingerprint density at radius 2 is 1.88 bits per heavy atom. The first kappa shape index (κ1) is 17.2. The van der Waals surface area contributed by atoms with E-state index in [9.17, 15) is 4.79 Å². The third-order valence-corrected chi connectivity index (χ3v) is 4.12. The molecule has 1 aromatic heterocycles. The Bertz CT molecular complexity index is 908. The molecule has 0 unspecified atom stereocenters. The van der Waals surface area contributed by atoms with Gasteiger partial charge in [0.2, 0.25) is 0 Å². The van der Waals surface area contributed by atoms with E-state index >= 15 is 0 Å². The van der Waals surface area contributed by atoms with Crippen LogP contribution in [-0.2, 0) is 4.74 Å². The van der Waals surface area contributed by atoms with Gasteiger partial charge in [0.15, 0.2) is 5.75 Å². The van der Waals surface area contributed by atoms with Gasteiger partial charge < -0.3 is 9.47 Å². The van der Waals surface area contributed by atoms with E-state index < -0.39 is 11.8 Å². The van der Waals surface area contributed by atoms with Crippen LogP contribution in [0.15, 0.2) is 58.9 Å². The minimum absolute atomic E-state index is 0.376. The summed E-state index contributed by atoms with van der Waals surface area (Å²) in [5, 5.41) is 3.93. The largest absolute Gasteiger partial charge is 0.514 e. The maximum atomic E-state index is 12.1.